The Morgan fingerprint density at radius 1 is 1.33 bits per heavy atom. The highest BCUT2D eigenvalue weighted by Gasteiger charge is 2.47. The molecule has 0 fully saturated rings. The first-order chi connectivity index (χ1) is 11.4. The van der Waals surface area contributed by atoms with Crippen molar-refractivity contribution < 1.29 is 22.7 Å². The van der Waals surface area contributed by atoms with Gasteiger partial charge in [-0.1, -0.05) is 0 Å². The lowest BCUT2D eigenvalue weighted by Gasteiger charge is -2.38. The molecule has 0 N–H and O–H groups in total. The summed E-state index contributed by atoms with van der Waals surface area (Å²) in [6.45, 7) is 0. The third-order valence-corrected chi connectivity index (χ3v) is 3.93. The normalized spacial score (nSPS) is 17.3. The molecule has 0 radical (unpaired) electrons. The van der Waals surface area contributed by atoms with E-state index in [9.17, 15) is 18.0 Å². The van der Waals surface area contributed by atoms with Crippen LogP contribution >= 0.6 is 0 Å². The Labute approximate surface area is 136 Å². The van der Waals surface area contributed by atoms with Crippen molar-refractivity contribution in [1.82, 2.24) is 9.97 Å². The van der Waals surface area contributed by atoms with E-state index < -0.39 is 18.2 Å². The molecule has 0 amide bonds. The maximum atomic E-state index is 13.5. The maximum Gasteiger partial charge on any atom is 0.409 e. The van der Waals surface area contributed by atoms with Gasteiger partial charge < -0.3 is 9.64 Å². The third kappa shape index (κ3) is 2.91. The van der Waals surface area contributed by atoms with Crippen LogP contribution in [0.1, 0.15) is 22.3 Å². The number of ether oxygens (including phenoxy) is 1. The van der Waals surface area contributed by atoms with E-state index in [2.05, 4.69) is 14.7 Å². The minimum atomic E-state index is -4.41. The Morgan fingerprint density at radius 3 is 2.75 bits per heavy atom. The summed E-state index contributed by atoms with van der Waals surface area (Å²) < 4.78 is 45.1. The SMILES string of the molecule is COC(=O)c1ccc2c(c1)CCC(C(F)(F)F)N2c1cnccn1. The van der Waals surface area contributed by atoms with Crippen LogP contribution in [0.2, 0.25) is 0 Å². The van der Waals surface area contributed by atoms with Gasteiger partial charge in [0.1, 0.15) is 6.04 Å². The molecule has 0 saturated heterocycles. The van der Waals surface area contributed by atoms with Crippen LogP contribution in [0.4, 0.5) is 24.7 Å². The summed E-state index contributed by atoms with van der Waals surface area (Å²) >= 11 is 0. The highest BCUT2D eigenvalue weighted by Crippen LogP contribution is 2.42. The number of rotatable bonds is 2. The van der Waals surface area contributed by atoms with Gasteiger partial charge in [-0.2, -0.15) is 13.2 Å². The van der Waals surface area contributed by atoms with Crippen molar-refractivity contribution in [3.05, 3.63) is 47.9 Å². The topological polar surface area (TPSA) is 55.3 Å². The van der Waals surface area contributed by atoms with E-state index in [-0.39, 0.29) is 18.7 Å². The fourth-order valence-corrected chi connectivity index (χ4v) is 2.86. The predicted octanol–water partition coefficient (Wildman–Crippen LogP) is 3.28. The van der Waals surface area contributed by atoms with Crippen molar-refractivity contribution in [2.24, 2.45) is 0 Å². The fraction of sp³-hybridized carbons (Fsp3) is 0.312. The van der Waals surface area contributed by atoms with Gasteiger partial charge in [-0.15, -0.1) is 0 Å². The molecule has 126 valence electrons. The smallest absolute Gasteiger partial charge is 0.409 e. The van der Waals surface area contributed by atoms with Crippen LogP contribution in [0.15, 0.2) is 36.8 Å². The van der Waals surface area contributed by atoms with Crippen LogP contribution in [0.25, 0.3) is 0 Å². The molecule has 5 nitrogen and oxygen atoms in total. The predicted molar refractivity (Wildman–Crippen MR) is 80.1 cm³/mol. The lowest BCUT2D eigenvalue weighted by Crippen LogP contribution is -2.46. The highest BCUT2D eigenvalue weighted by molar-refractivity contribution is 5.90. The Hall–Kier alpha value is -2.64. The average molecular weight is 337 g/mol. The number of carbonyl (C=O) groups excluding carboxylic acids is 1. The lowest BCUT2D eigenvalue weighted by atomic mass is 9.93. The minimum absolute atomic E-state index is 0.117. The van der Waals surface area contributed by atoms with Crippen molar-refractivity contribution >= 4 is 17.5 Å². The molecule has 24 heavy (non-hydrogen) atoms. The van der Waals surface area contributed by atoms with E-state index in [0.717, 1.165) is 4.90 Å². The van der Waals surface area contributed by atoms with Crippen LogP contribution in [0.5, 0.6) is 0 Å². The number of halogens is 3. The van der Waals surface area contributed by atoms with Crippen LogP contribution in [0, 0.1) is 0 Å². The number of benzene rings is 1. The van der Waals surface area contributed by atoms with Gasteiger partial charge in [-0.25, -0.2) is 9.78 Å². The number of nitrogens with zero attached hydrogens (tertiary/aromatic N) is 3. The molecule has 2 aromatic rings. The van der Waals surface area contributed by atoms with E-state index in [0.29, 0.717) is 16.8 Å². The Kier molecular flexibility index (Phi) is 4.13. The van der Waals surface area contributed by atoms with Gasteiger partial charge >= 0.3 is 12.1 Å². The summed E-state index contributed by atoms with van der Waals surface area (Å²) in [5.74, 6) is -0.409. The fourth-order valence-electron chi connectivity index (χ4n) is 2.86. The molecule has 0 spiro atoms. The van der Waals surface area contributed by atoms with E-state index in [1.165, 1.54) is 37.8 Å². The van der Waals surface area contributed by atoms with E-state index in [4.69, 9.17) is 0 Å². The average Bonchev–Trinajstić information content (AvgIpc) is 2.59. The molecule has 8 heteroatoms. The number of esters is 1. The zero-order chi connectivity index (χ0) is 17.3. The van der Waals surface area contributed by atoms with Crippen molar-refractivity contribution in [2.45, 2.75) is 25.1 Å². The van der Waals surface area contributed by atoms with Crippen LogP contribution in [-0.4, -0.2) is 35.3 Å². The summed E-state index contributed by atoms with van der Waals surface area (Å²) in [7, 11) is 1.26. The summed E-state index contributed by atoms with van der Waals surface area (Å²) in [6.07, 6.45) is -0.283. The number of carbonyl (C=O) groups is 1. The number of aromatic nitrogens is 2. The van der Waals surface area contributed by atoms with E-state index in [1.807, 2.05) is 0 Å². The maximum absolute atomic E-state index is 13.5. The van der Waals surface area contributed by atoms with Gasteiger partial charge in [0.2, 0.25) is 0 Å². The molecular weight excluding hydrogens is 323 g/mol. The van der Waals surface area contributed by atoms with Crippen LogP contribution < -0.4 is 4.90 Å². The number of hydrogen-bond acceptors (Lipinski definition) is 5. The number of fused-ring (bicyclic) bond motifs is 1. The molecule has 1 aromatic carbocycles. The van der Waals surface area contributed by atoms with E-state index >= 15 is 0 Å². The number of alkyl halides is 3. The Morgan fingerprint density at radius 2 is 2.12 bits per heavy atom. The van der Waals surface area contributed by atoms with Crippen LogP contribution in [0.3, 0.4) is 0 Å². The first kappa shape index (κ1) is 16.2. The molecular formula is C16H14F3N3O2. The molecule has 2 heterocycles. The van der Waals surface area contributed by atoms with Crippen LogP contribution in [-0.2, 0) is 11.2 Å². The van der Waals surface area contributed by atoms with Crippen molar-refractivity contribution in [3.63, 3.8) is 0 Å². The summed E-state index contributed by atoms with van der Waals surface area (Å²) in [4.78, 5) is 20.6. The second-order valence-corrected chi connectivity index (χ2v) is 5.36. The third-order valence-electron chi connectivity index (χ3n) is 3.93. The summed E-state index contributed by atoms with van der Waals surface area (Å²) in [5.41, 5.74) is 1.32. The number of methoxy groups -OCH3 is 1. The van der Waals surface area contributed by atoms with Gasteiger partial charge in [0.25, 0.3) is 0 Å². The molecule has 3 rings (SSSR count). The molecule has 1 aliphatic heterocycles. The van der Waals surface area contributed by atoms with E-state index in [1.54, 1.807) is 6.07 Å². The number of anilines is 2. The second-order valence-electron chi connectivity index (χ2n) is 5.36. The highest BCUT2D eigenvalue weighted by atomic mass is 19.4. The molecule has 1 atom stereocenters. The monoisotopic (exact) mass is 337 g/mol. The van der Waals surface area contributed by atoms with Crippen molar-refractivity contribution in [2.75, 3.05) is 12.0 Å². The van der Waals surface area contributed by atoms with Gasteiger partial charge in [0, 0.05) is 18.1 Å². The molecule has 0 aliphatic carbocycles. The van der Waals surface area contributed by atoms with Crippen molar-refractivity contribution in [3.8, 4) is 0 Å². The summed E-state index contributed by atoms with van der Waals surface area (Å²) in [5, 5.41) is 0. The number of hydrogen-bond donors (Lipinski definition) is 0. The molecule has 1 unspecified atom stereocenters. The first-order valence-corrected chi connectivity index (χ1v) is 7.25. The largest absolute Gasteiger partial charge is 0.465 e. The van der Waals surface area contributed by atoms with Gasteiger partial charge in [-0.3, -0.25) is 4.98 Å². The zero-order valence-electron chi connectivity index (χ0n) is 12.7. The zero-order valence-corrected chi connectivity index (χ0v) is 12.7. The molecule has 1 aliphatic rings. The Bertz CT molecular complexity index is 750. The minimum Gasteiger partial charge on any atom is -0.465 e. The molecule has 0 bridgehead atoms. The Balaban J connectivity index is 2.10. The second kappa shape index (κ2) is 6.10. The number of aryl methyl sites for hydroxylation is 1. The standard InChI is InChI=1S/C16H14F3N3O2/c1-24-15(23)11-2-4-12-10(8-11)3-5-13(16(17,18)19)22(12)14-9-20-6-7-21-14/h2,4,6-9,13H,3,5H2,1H3. The quantitative estimate of drug-likeness (QED) is 0.787. The van der Waals surface area contributed by atoms with Gasteiger partial charge in [-0.05, 0) is 36.6 Å². The van der Waals surface area contributed by atoms with Gasteiger partial charge in [0.05, 0.1) is 18.9 Å². The molecule has 1 aromatic heterocycles. The summed E-state index contributed by atoms with van der Waals surface area (Å²) in [6, 6.07) is 2.82. The van der Waals surface area contributed by atoms with Gasteiger partial charge in [0.15, 0.2) is 5.82 Å². The first-order valence-electron chi connectivity index (χ1n) is 7.25. The lowest BCUT2D eigenvalue weighted by molar-refractivity contribution is -0.149. The molecule has 0 saturated carbocycles. The van der Waals surface area contributed by atoms with Crippen molar-refractivity contribution in [1.29, 1.82) is 0 Å².